The molecule has 1 aromatic heterocycles. The van der Waals surface area contributed by atoms with Crippen molar-refractivity contribution < 1.29 is 9.90 Å². The van der Waals surface area contributed by atoms with E-state index in [9.17, 15) is 19.5 Å². The summed E-state index contributed by atoms with van der Waals surface area (Å²) in [5, 5.41) is 10.5. The Morgan fingerprint density at radius 2 is 1.69 bits per heavy atom. The van der Waals surface area contributed by atoms with E-state index >= 15 is 0 Å². The predicted molar refractivity (Wildman–Crippen MR) is 111 cm³/mol. The molecular formula is C21H20N4O4. The van der Waals surface area contributed by atoms with Crippen molar-refractivity contribution in [2.75, 3.05) is 14.1 Å². The van der Waals surface area contributed by atoms with E-state index < -0.39 is 17.1 Å². The average molecular weight is 392 g/mol. The molecule has 0 spiro atoms. The highest BCUT2D eigenvalue weighted by atomic mass is 16.3. The van der Waals surface area contributed by atoms with Gasteiger partial charge in [0.25, 0.3) is 11.5 Å². The zero-order valence-corrected chi connectivity index (χ0v) is 16.2. The fraction of sp³-hybridized carbons (Fsp3) is 0.143. The molecule has 0 aliphatic heterocycles. The van der Waals surface area contributed by atoms with Gasteiger partial charge in [0.05, 0.1) is 11.4 Å². The average Bonchev–Trinajstić information content (AvgIpc) is 2.69. The van der Waals surface area contributed by atoms with Gasteiger partial charge in [0.15, 0.2) is 0 Å². The van der Waals surface area contributed by atoms with Crippen LogP contribution in [0.15, 0.2) is 63.1 Å². The molecule has 0 aliphatic rings. The monoisotopic (exact) mass is 392 g/mol. The molecule has 2 aromatic carbocycles. The van der Waals surface area contributed by atoms with Crippen LogP contribution in [0.1, 0.15) is 21.5 Å². The van der Waals surface area contributed by atoms with Crippen LogP contribution in [0.2, 0.25) is 0 Å². The third-order valence-electron chi connectivity index (χ3n) is 4.28. The van der Waals surface area contributed by atoms with Gasteiger partial charge in [-0.25, -0.2) is 9.36 Å². The summed E-state index contributed by atoms with van der Waals surface area (Å²) in [6.07, 6.45) is 1.18. The molecular weight excluding hydrogens is 372 g/mol. The Hall–Kier alpha value is -3.94. The molecule has 2 N–H and O–H groups in total. The number of aryl methyl sites for hydroxylation is 1. The lowest BCUT2D eigenvalue weighted by Gasteiger charge is -2.10. The Kier molecular flexibility index (Phi) is 5.45. The summed E-state index contributed by atoms with van der Waals surface area (Å²) in [4.78, 5) is 44.1. The number of amides is 1. The zero-order valence-electron chi connectivity index (χ0n) is 16.2. The molecule has 0 saturated heterocycles. The van der Waals surface area contributed by atoms with Crippen LogP contribution in [0.25, 0.3) is 5.69 Å². The molecule has 1 heterocycles. The van der Waals surface area contributed by atoms with Gasteiger partial charge in [-0.3, -0.25) is 19.6 Å². The van der Waals surface area contributed by atoms with Crippen LogP contribution in [-0.2, 0) is 0 Å². The molecule has 0 bridgehead atoms. The maximum absolute atomic E-state index is 12.2. The van der Waals surface area contributed by atoms with Crippen molar-refractivity contribution in [3.05, 3.63) is 86.1 Å². The van der Waals surface area contributed by atoms with E-state index in [2.05, 4.69) is 9.98 Å². The standard InChI is InChI=1S/C21H20N4O4/c1-13-4-10-16(11-5-13)25-20(28)17(18(26)23-21(25)29)12-22-15-8-6-14(7-9-15)19(27)24(2)3/h4-12,28H,1-3H3,(H,23,26,29). The summed E-state index contributed by atoms with van der Waals surface area (Å²) in [5.41, 5.74) is 0.728. The SMILES string of the molecule is Cc1ccc(-n2c(O)c(C=Nc3ccc(C(=O)N(C)C)cc3)c(=O)[nH]c2=O)cc1. The van der Waals surface area contributed by atoms with Crippen molar-refractivity contribution >= 4 is 17.8 Å². The van der Waals surface area contributed by atoms with E-state index in [4.69, 9.17) is 0 Å². The van der Waals surface area contributed by atoms with Gasteiger partial charge in [-0.15, -0.1) is 0 Å². The Morgan fingerprint density at radius 1 is 1.07 bits per heavy atom. The lowest BCUT2D eigenvalue weighted by molar-refractivity contribution is 0.0827. The minimum Gasteiger partial charge on any atom is -0.493 e. The highest BCUT2D eigenvalue weighted by Gasteiger charge is 2.14. The maximum Gasteiger partial charge on any atom is 0.335 e. The second-order valence-corrected chi connectivity index (χ2v) is 6.67. The maximum atomic E-state index is 12.2. The number of aromatic hydroxyl groups is 1. The van der Waals surface area contributed by atoms with Crippen LogP contribution < -0.4 is 11.2 Å². The molecule has 3 aromatic rings. The predicted octanol–water partition coefficient (Wildman–Crippen LogP) is 1.99. The van der Waals surface area contributed by atoms with Crippen LogP contribution in [0.4, 0.5) is 5.69 Å². The Balaban J connectivity index is 1.98. The van der Waals surface area contributed by atoms with E-state index in [0.29, 0.717) is 16.9 Å². The van der Waals surface area contributed by atoms with E-state index in [0.717, 1.165) is 10.1 Å². The molecule has 3 rings (SSSR count). The minimum absolute atomic E-state index is 0.139. The van der Waals surface area contributed by atoms with Crippen LogP contribution in [-0.4, -0.2) is 45.8 Å². The van der Waals surface area contributed by atoms with Crippen molar-refractivity contribution in [3.8, 4) is 11.6 Å². The zero-order chi connectivity index (χ0) is 21.1. The molecule has 0 aliphatic carbocycles. The normalized spacial score (nSPS) is 11.0. The Labute approximate surface area is 166 Å². The molecule has 148 valence electrons. The first kappa shape index (κ1) is 19.8. The number of benzene rings is 2. The fourth-order valence-electron chi connectivity index (χ4n) is 2.68. The van der Waals surface area contributed by atoms with Gasteiger partial charge in [0.1, 0.15) is 5.56 Å². The summed E-state index contributed by atoms with van der Waals surface area (Å²) in [6.45, 7) is 1.90. The number of H-pyrrole nitrogens is 1. The number of carbonyl (C=O) groups excluding carboxylic acids is 1. The Bertz CT molecular complexity index is 1190. The van der Waals surface area contributed by atoms with Crippen LogP contribution >= 0.6 is 0 Å². The largest absolute Gasteiger partial charge is 0.493 e. The van der Waals surface area contributed by atoms with E-state index in [1.165, 1.54) is 11.1 Å². The summed E-state index contributed by atoms with van der Waals surface area (Å²) in [5.74, 6) is -0.648. The lowest BCUT2D eigenvalue weighted by Crippen LogP contribution is -2.31. The topological polar surface area (TPSA) is 108 Å². The van der Waals surface area contributed by atoms with Crippen molar-refractivity contribution in [1.29, 1.82) is 0 Å². The Morgan fingerprint density at radius 3 is 2.28 bits per heavy atom. The fourth-order valence-corrected chi connectivity index (χ4v) is 2.68. The van der Waals surface area contributed by atoms with Gasteiger partial charge in [-0.1, -0.05) is 17.7 Å². The number of carbonyl (C=O) groups is 1. The van der Waals surface area contributed by atoms with Gasteiger partial charge in [-0.2, -0.15) is 0 Å². The second kappa shape index (κ2) is 7.97. The van der Waals surface area contributed by atoms with Gasteiger partial charge >= 0.3 is 5.69 Å². The van der Waals surface area contributed by atoms with Gasteiger partial charge in [0.2, 0.25) is 5.88 Å². The molecule has 0 fully saturated rings. The smallest absolute Gasteiger partial charge is 0.335 e. The lowest BCUT2D eigenvalue weighted by atomic mass is 10.2. The van der Waals surface area contributed by atoms with E-state index in [1.54, 1.807) is 62.6 Å². The molecule has 0 radical (unpaired) electrons. The van der Waals surface area contributed by atoms with Crippen molar-refractivity contribution in [3.63, 3.8) is 0 Å². The molecule has 0 saturated carbocycles. The molecule has 0 atom stereocenters. The third kappa shape index (κ3) is 4.16. The van der Waals surface area contributed by atoms with Gasteiger partial charge in [-0.05, 0) is 43.3 Å². The first-order valence-electron chi connectivity index (χ1n) is 8.79. The quantitative estimate of drug-likeness (QED) is 0.662. The van der Waals surface area contributed by atoms with Crippen molar-refractivity contribution in [2.45, 2.75) is 6.92 Å². The number of hydrogen-bond donors (Lipinski definition) is 2. The summed E-state index contributed by atoms with van der Waals surface area (Å²) < 4.78 is 1.00. The molecule has 1 amide bonds. The first-order chi connectivity index (χ1) is 13.8. The summed E-state index contributed by atoms with van der Waals surface area (Å²) >= 11 is 0. The highest BCUT2D eigenvalue weighted by Crippen LogP contribution is 2.18. The van der Waals surface area contributed by atoms with Gasteiger partial charge in [0, 0.05) is 25.9 Å². The first-order valence-corrected chi connectivity index (χ1v) is 8.79. The molecule has 8 nitrogen and oxygen atoms in total. The highest BCUT2D eigenvalue weighted by molar-refractivity contribution is 5.94. The number of aliphatic imine (C=N–C) groups is 1. The van der Waals surface area contributed by atoms with Crippen molar-refractivity contribution in [2.24, 2.45) is 4.99 Å². The summed E-state index contributed by atoms with van der Waals surface area (Å²) in [6, 6.07) is 13.4. The van der Waals surface area contributed by atoms with Crippen LogP contribution in [0.5, 0.6) is 5.88 Å². The minimum atomic E-state index is -0.751. The third-order valence-corrected chi connectivity index (χ3v) is 4.28. The number of rotatable bonds is 4. The van der Waals surface area contributed by atoms with Gasteiger partial charge < -0.3 is 10.0 Å². The van der Waals surface area contributed by atoms with E-state index in [1.807, 2.05) is 6.92 Å². The number of aromatic nitrogens is 2. The summed E-state index contributed by atoms with van der Waals surface area (Å²) in [7, 11) is 3.32. The number of aromatic amines is 1. The molecule has 0 unspecified atom stereocenters. The second-order valence-electron chi connectivity index (χ2n) is 6.67. The number of hydrogen-bond acceptors (Lipinski definition) is 5. The van der Waals surface area contributed by atoms with E-state index in [-0.39, 0.29) is 11.5 Å². The van der Waals surface area contributed by atoms with Crippen LogP contribution in [0, 0.1) is 6.92 Å². The number of nitrogens with one attached hydrogen (secondary N) is 1. The van der Waals surface area contributed by atoms with Crippen molar-refractivity contribution in [1.82, 2.24) is 14.5 Å². The van der Waals surface area contributed by atoms with Crippen LogP contribution in [0.3, 0.4) is 0 Å². The number of nitrogens with zero attached hydrogens (tertiary/aromatic N) is 3. The molecule has 29 heavy (non-hydrogen) atoms. The molecule has 8 heteroatoms.